The second-order valence-corrected chi connectivity index (χ2v) is 10.5. The highest BCUT2D eigenvalue weighted by atomic mass is 16.5. The maximum Gasteiger partial charge on any atom is 0.295 e. The number of morpholine rings is 1. The normalized spacial score (nSPS) is 19.9. The van der Waals surface area contributed by atoms with Crippen LogP contribution >= 0.6 is 0 Å². The van der Waals surface area contributed by atoms with E-state index in [2.05, 4.69) is 18.7 Å². The number of aryl methyl sites for hydroxylation is 1. The van der Waals surface area contributed by atoms with Gasteiger partial charge in [-0.3, -0.25) is 14.5 Å². The summed E-state index contributed by atoms with van der Waals surface area (Å²) in [7, 11) is 0. The van der Waals surface area contributed by atoms with Gasteiger partial charge < -0.3 is 19.5 Å². The van der Waals surface area contributed by atoms with E-state index in [9.17, 15) is 14.7 Å². The Hall–Kier alpha value is -3.16. The minimum atomic E-state index is -0.643. The molecule has 0 aromatic heterocycles. The van der Waals surface area contributed by atoms with Crippen molar-refractivity contribution < 1.29 is 24.2 Å². The molecule has 0 spiro atoms. The molecule has 7 heteroatoms. The standard InChI is InChI=1S/C31H40N2O5/c1-5-17-38-26-12-11-25(20-22(26)4)29(34)27-28(24-9-7-23(8-10-24)21(2)3)33(31(36)30(27)35)14-6-13-32-15-18-37-19-16-32/h7-12,20-21,28,34H,5-6,13-19H2,1-4H3/t28-/m1/s1. The Morgan fingerprint density at radius 2 is 1.79 bits per heavy atom. The van der Waals surface area contributed by atoms with Crippen LogP contribution in [0.3, 0.4) is 0 Å². The smallest absolute Gasteiger partial charge is 0.295 e. The molecule has 2 aromatic carbocycles. The fraction of sp³-hybridized carbons (Fsp3) is 0.484. The van der Waals surface area contributed by atoms with Gasteiger partial charge in [0.2, 0.25) is 0 Å². The number of Topliss-reactive ketones (excluding diaryl/α,β-unsaturated/α-hetero) is 1. The van der Waals surface area contributed by atoms with Crippen molar-refractivity contribution in [3.63, 3.8) is 0 Å². The number of aliphatic hydroxyl groups excluding tert-OH is 1. The molecule has 204 valence electrons. The van der Waals surface area contributed by atoms with Crippen molar-refractivity contribution >= 4 is 17.4 Å². The number of nitrogens with zero attached hydrogens (tertiary/aromatic N) is 2. The highest BCUT2D eigenvalue weighted by Crippen LogP contribution is 2.40. The predicted octanol–water partition coefficient (Wildman–Crippen LogP) is 5.05. The molecule has 2 aliphatic heterocycles. The summed E-state index contributed by atoms with van der Waals surface area (Å²) in [4.78, 5) is 30.6. The molecule has 2 heterocycles. The number of amides is 1. The van der Waals surface area contributed by atoms with Crippen molar-refractivity contribution in [1.82, 2.24) is 9.80 Å². The fourth-order valence-corrected chi connectivity index (χ4v) is 5.14. The molecule has 1 amide bonds. The Bertz CT molecular complexity index is 1170. The zero-order chi connectivity index (χ0) is 27.2. The van der Waals surface area contributed by atoms with Gasteiger partial charge >= 0.3 is 0 Å². The van der Waals surface area contributed by atoms with Crippen LogP contribution in [0.5, 0.6) is 5.75 Å². The van der Waals surface area contributed by atoms with Gasteiger partial charge in [0.05, 0.1) is 31.4 Å². The van der Waals surface area contributed by atoms with E-state index < -0.39 is 17.7 Å². The van der Waals surface area contributed by atoms with Crippen LogP contribution in [-0.2, 0) is 14.3 Å². The molecule has 1 atom stereocenters. The molecular weight excluding hydrogens is 480 g/mol. The van der Waals surface area contributed by atoms with E-state index >= 15 is 0 Å². The first kappa shape index (κ1) is 27.9. The summed E-state index contributed by atoms with van der Waals surface area (Å²) in [5.74, 6) is -0.253. The third-order valence-electron chi connectivity index (χ3n) is 7.35. The molecule has 0 unspecified atom stereocenters. The summed E-state index contributed by atoms with van der Waals surface area (Å²) < 4.78 is 11.2. The van der Waals surface area contributed by atoms with Crippen LogP contribution in [0, 0.1) is 6.92 Å². The molecule has 2 saturated heterocycles. The number of carbonyl (C=O) groups is 2. The lowest BCUT2D eigenvalue weighted by molar-refractivity contribution is -0.140. The van der Waals surface area contributed by atoms with E-state index in [1.54, 1.807) is 11.0 Å². The molecule has 4 rings (SSSR count). The lowest BCUT2D eigenvalue weighted by Crippen LogP contribution is -2.38. The lowest BCUT2D eigenvalue weighted by Gasteiger charge is -2.29. The molecule has 7 nitrogen and oxygen atoms in total. The maximum atomic E-state index is 13.4. The monoisotopic (exact) mass is 520 g/mol. The summed E-state index contributed by atoms with van der Waals surface area (Å²) in [6, 6.07) is 12.8. The SMILES string of the molecule is CCCOc1ccc(C(O)=C2C(=O)C(=O)N(CCCN3CCOCC3)[C@@H]2c2ccc(C(C)C)cc2)cc1C. The first-order valence-corrected chi connectivity index (χ1v) is 13.7. The Kier molecular flexibility index (Phi) is 9.23. The molecule has 2 aliphatic rings. The number of benzene rings is 2. The number of carbonyl (C=O) groups excluding carboxylic acids is 2. The largest absolute Gasteiger partial charge is 0.507 e. The average Bonchev–Trinajstić information content (AvgIpc) is 3.17. The molecule has 1 N–H and O–H groups in total. The van der Waals surface area contributed by atoms with Gasteiger partial charge in [0.15, 0.2) is 0 Å². The topological polar surface area (TPSA) is 79.3 Å². The van der Waals surface area contributed by atoms with E-state index in [-0.39, 0.29) is 11.3 Å². The molecule has 38 heavy (non-hydrogen) atoms. The van der Waals surface area contributed by atoms with Crippen molar-refractivity contribution in [2.75, 3.05) is 46.0 Å². The van der Waals surface area contributed by atoms with Crippen molar-refractivity contribution in [2.24, 2.45) is 0 Å². The zero-order valence-corrected chi connectivity index (χ0v) is 23.0. The van der Waals surface area contributed by atoms with Crippen LogP contribution < -0.4 is 4.74 Å². The van der Waals surface area contributed by atoms with E-state index in [0.717, 1.165) is 49.4 Å². The maximum absolute atomic E-state index is 13.4. The first-order chi connectivity index (χ1) is 18.3. The number of ether oxygens (including phenoxy) is 2. The van der Waals surface area contributed by atoms with Crippen LogP contribution in [0.1, 0.15) is 67.8 Å². The van der Waals surface area contributed by atoms with Crippen LogP contribution in [0.4, 0.5) is 0 Å². The summed E-state index contributed by atoms with van der Waals surface area (Å²) in [5, 5.41) is 11.4. The molecule has 2 fully saturated rings. The van der Waals surface area contributed by atoms with Crippen LogP contribution in [-0.4, -0.2) is 72.6 Å². The van der Waals surface area contributed by atoms with Crippen LogP contribution in [0.2, 0.25) is 0 Å². The van der Waals surface area contributed by atoms with E-state index in [4.69, 9.17) is 9.47 Å². The highest BCUT2D eigenvalue weighted by Gasteiger charge is 2.45. The summed E-state index contributed by atoms with van der Waals surface area (Å²) in [6.07, 6.45) is 1.63. The Morgan fingerprint density at radius 3 is 2.42 bits per heavy atom. The molecular formula is C31H40N2O5. The highest BCUT2D eigenvalue weighted by molar-refractivity contribution is 6.46. The van der Waals surface area contributed by atoms with E-state index in [1.165, 1.54) is 5.56 Å². The van der Waals surface area contributed by atoms with Gasteiger partial charge in [-0.2, -0.15) is 0 Å². The van der Waals surface area contributed by atoms with E-state index in [0.29, 0.717) is 37.8 Å². The van der Waals surface area contributed by atoms with Crippen LogP contribution in [0.25, 0.3) is 5.76 Å². The number of likely N-dealkylation sites (tertiary alicyclic amines) is 1. The van der Waals surface area contributed by atoms with Gasteiger partial charge in [-0.25, -0.2) is 0 Å². The van der Waals surface area contributed by atoms with Gasteiger partial charge in [0, 0.05) is 31.7 Å². The third kappa shape index (κ3) is 6.11. The minimum absolute atomic E-state index is 0.139. The van der Waals surface area contributed by atoms with E-state index in [1.807, 2.05) is 50.2 Å². The second-order valence-electron chi connectivity index (χ2n) is 10.5. The van der Waals surface area contributed by atoms with Crippen LogP contribution in [0.15, 0.2) is 48.0 Å². The average molecular weight is 521 g/mol. The van der Waals surface area contributed by atoms with Gasteiger partial charge in [-0.1, -0.05) is 45.0 Å². The fourth-order valence-electron chi connectivity index (χ4n) is 5.14. The number of ketones is 1. The number of aliphatic hydroxyl groups is 1. The quantitative estimate of drug-likeness (QED) is 0.268. The Labute approximate surface area is 226 Å². The molecule has 0 saturated carbocycles. The number of hydrogen-bond acceptors (Lipinski definition) is 6. The summed E-state index contributed by atoms with van der Waals surface area (Å²) in [6.45, 7) is 13.2. The predicted molar refractivity (Wildman–Crippen MR) is 148 cm³/mol. The second kappa shape index (κ2) is 12.6. The van der Waals surface area contributed by atoms with Gasteiger partial charge in [-0.15, -0.1) is 0 Å². The first-order valence-electron chi connectivity index (χ1n) is 13.7. The van der Waals surface area contributed by atoms with Crippen molar-refractivity contribution in [3.05, 3.63) is 70.3 Å². The summed E-state index contributed by atoms with van der Waals surface area (Å²) >= 11 is 0. The lowest BCUT2D eigenvalue weighted by atomic mass is 9.93. The Balaban J connectivity index is 1.68. The molecule has 2 aromatic rings. The molecule has 0 bridgehead atoms. The van der Waals surface area contributed by atoms with Crippen molar-refractivity contribution in [2.45, 2.75) is 52.5 Å². The van der Waals surface area contributed by atoms with Crippen molar-refractivity contribution in [1.29, 1.82) is 0 Å². The Morgan fingerprint density at radius 1 is 1.08 bits per heavy atom. The summed E-state index contributed by atoms with van der Waals surface area (Å²) in [5.41, 5.74) is 3.50. The number of rotatable bonds is 10. The van der Waals surface area contributed by atoms with Gasteiger partial charge in [0.25, 0.3) is 11.7 Å². The number of hydrogen-bond donors (Lipinski definition) is 1. The minimum Gasteiger partial charge on any atom is -0.507 e. The van der Waals surface area contributed by atoms with Gasteiger partial charge in [-0.05, 0) is 60.6 Å². The third-order valence-corrected chi connectivity index (χ3v) is 7.35. The molecule has 0 aliphatic carbocycles. The van der Waals surface area contributed by atoms with Gasteiger partial charge in [0.1, 0.15) is 11.5 Å². The molecule has 0 radical (unpaired) electrons. The van der Waals surface area contributed by atoms with Crippen molar-refractivity contribution in [3.8, 4) is 5.75 Å². The zero-order valence-electron chi connectivity index (χ0n) is 23.0.